The van der Waals surface area contributed by atoms with Crippen molar-refractivity contribution in [3.05, 3.63) is 75.4 Å². The van der Waals surface area contributed by atoms with Crippen molar-refractivity contribution in [2.45, 2.75) is 25.5 Å². The molecule has 2 aliphatic rings. The predicted octanol–water partition coefficient (Wildman–Crippen LogP) is 5.80. The second-order valence-corrected chi connectivity index (χ2v) is 7.94. The Labute approximate surface area is 172 Å². The summed E-state index contributed by atoms with van der Waals surface area (Å²) < 4.78 is 6.23. The van der Waals surface area contributed by atoms with Crippen molar-refractivity contribution in [1.82, 2.24) is 4.98 Å². The Hall–Kier alpha value is -2.56. The zero-order valence-electron chi connectivity index (χ0n) is 15.0. The van der Waals surface area contributed by atoms with Crippen LogP contribution in [0.2, 0.25) is 10.0 Å². The molecule has 1 N–H and O–H groups in total. The minimum atomic E-state index is -0.401. The molecule has 2 aromatic carbocycles. The van der Waals surface area contributed by atoms with Crippen LogP contribution in [0.1, 0.15) is 30.5 Å². The number of hydrogen-bond donors (Lipinski definition) is 1. The first kappa shape index (κ1) is 17.5. The van der Waals surface area contributed by atoms with Gasteiger partial charge in [0.2, 0.25) is 0 Å². The van der Waals surface area contributed by atoms with Gasteiger partial charge >= 0.3 is 0 Å². The van der Waals surface area contributed by atoms with Crippen LogP contribution in [0.25, 0.3) is 16.7 Å². The third-order valence-electron chi connectivity index (χ3n) is 5.21. The summed E-state index contributed by atoms with van der Waals surface area (Å²) in [5.41, 5.74) is 4.01. The molecule has 2 atom stereocenters. The Bertz CT molecular complexity index is 1170. The van der Waals surface area contributed by atoms with Crippen molar-refractivity contribution in [3.63, 3.8) is 0 Å². The Morgan fingerprint density at radius 1 is 1.18 bits per heavy atom. The molecule has 0 aliphatic carbocycles. The number of carbonyl (C=O) groups is 1. The van der Waals surface area contributed by atoms with Crippen LogP contribution in [0.3, 0.4) is 0 Å². The molecule has 1 aromatic heterocycles. The highest BCUT2D eigenvalue weighted by Crippen LogP contribution is 2.48. The molecule has 0 unspecified atom stereocenters. The van der Waals surface area contributed by atoms with Crippen LogP contribution in [0.4, 0.5) is 5.69 Å². The standard InChI is InChI=1S/C22H16Cl2N2O2/c1-11-9-18(27)20-21(13-5-4-12(23)10-15(13)24)26-17-7-6-16-14(3-2-8-25-16)19(17)22(20)28-11/h2-8,10-11,21,26H,9H2,1H3/t11-,21-/m1/s1. The van der Waals surface area contributed by atoms with E-state index in [9.17, 15) is 4.79 Å². The van der Waals surface area contributed by atoms with E-state index >= 15 is 0 Å². The number of rotatable bonds is 1. The average Bonchev–Trinajstić information content (AvgIpc) is 2.66. The van der Waals surface area contributed by atoms with Crippen LogP contribution < -0.4 is 5.32 Å². The number of benzene rings is 2. The number of ketones is 1. The van der Waals surface area contributed by atoms with Gasteiger partial charge in [-0.3, -0.25) is 9.78 Å². The number of nitrogens with zero attached hydrogens (tertiary/aromatic N) is 1. The van der Waals surface area contributed by atoms with Gasteiger partial charge in [0.05, 0.1) is 17.1 Å². The molecular formula is C22H16Cl2N2O2. The van der Waals surface area contributed by atoms with Gasteiger partial charge in [-0.1, -0.05) is 35.3 Å². The number of hydrogen-bond acceptors (Lipinski definition) is 4. The Morgan fingerprint density at radius 2 is 2.04 bits per heavy atom. The molecule has 0 bridgehead atoms. The topological polar surface area (TPSA) is 51.2 Å². The lowest BCUT2D eigenvalue weighted by Crippen LogP contribution is -2.32. The van der Waals surface area contributed by atoms with Gasteiger partial charge in [0.15, 0.2) is 5.78 Å². The minimum absolute atomic E-state index is 0.0591. The van der Waals surface area contributed by atoms with Crippen LogP contribution in [-0.4, -0.2) is 16.9 Å². The van der Waals surface area contributed by atoms with Crippen molar-refractivity contribution in [1.29, 1.82) is 0 Å². The first-order valence-electron chi connectivity index (χ1n) is 9.06. The molecular weight excluding hydrogens is 395 g/mol. The third-order valence-corrected chi connectivity index (χ3v) is 5.77. The van der Waals surface area contributed by atoms with Gasteiger partial charge in [-0.05, 0) is 42.8 Å². The highest BCUT2D eigenvalue weighted by molar-refractivity contribution is 6.35. The number of carbonyl (C=O) groups excluding carboxylic acids is 1. The average molecular weight is 411 g/mol. The largest absolute Gasteiger partial charge is 0.489 e. The molecule has 140 valence electrons. The molecule has 3 aromatic rings. The van der Waals surface area contributed by atoms with Crippen molar-refractivity contribution in [2.24, 2.45) is 0 Å². The van der Waals surface area contributed by atoms with Crippen LogP contribution >= 0.6 is 23.2 Å². The molecule has 0 saturated carbocycles. The highest BCUT2D eigenvalue weighted by Gasteiger charge is 2.39. The quantitative estimate of drug-likeness (QED) is 0.550. The Balaban J connectivity index is 1.80. The lowest BCUT2D eigenvalue weighted by atomic mass is 9.84. The third kappa shape index (κ3) is 2.67. The maximum Gasteiger partial charge on any atom is 0.168 e. The number of ether oxygens (including phenoxy) is 1. The first-order chi connectivity index (χ1) is 13.5. The lowest BCUT2D eigenvalue weighted by molar-refractivity contribution is -0.118. The lowest BCUT2D eigenvalue weighted by Gasteiger charge is -2.36. The molecule has 3 heterocycles. The number of halogens is 2. The van der Waals surface area contributed by atoms with Gasteiger partial charge < -0.3 is 10.1 Å². The minimum Gasteiger partial charge on any atom is -0.489 e. The van der Waals surface area contributed by atoms with Gasteiger partial charge in [0, 0.05) is 39.3 Å². The number of Topliss-reactive ketones (excluding diaryl/α,β-unsaturated/α-hetero) is 1. The van der Waals surface area contributed by atoms with Gasteiger partial charge in [-0.25, -0.2) is 0 Å². The van der Waals surface area contributed by atoms with Gasteiger partial charge in [-0.15, -0.1) is 0 Å². The van der Waals surface area contributed by atoms with Crippen LogP contribution in [0.15, 0.2) is 54.2 Å². The number of aromatic nitrogens is 1. The molecule has 0 radical (unpaired) electrons. The summed E-state index contributed by atoms with van der Waals surface area (Å²) in [4.78, 5) is 17.5. The van der Waals surface area contributed by atoms with Gasteiger partial charge in [0.25, 0.3) is 0 Å². The fourth-order valence-corrected chi connectivity index (χ4v) is 4.52. The molecule has 0 spiro atoms. The van der Waals surface area contributed by atoms with E-state index in [0.29, 0.717) is 27.8 Å². The van der Waals surface area contributed by atoms with Gasteiger partial charge in [0.1, 0.15) is 11.9 Å². The van der Waals surface area contributed by atoms with E-state index in [1.54, 1.807) is 18.3 Å². The fourth-order valence-electron chi connectivity index (χ4n) is 4.00. The van der Waals surface area contributed by atoms with Gasteiger partial charge in [-0.2, -0.15) is 0 Å². The Morgan fingerprint density at radius 3 is 2.86 bits per heavy atom. The maximum absolute atomic E-state index is 13.1. The zero-order chi connectivity index (χ0) is 19.4. The van der Waals surface area contributed by atoms with Crippen LogP contribution in [0, 0.1) is 0 Å². The predicted molar refractivity (Wildman–Crippen MR) is 112 cm³/mol. The van der Waals surface area contributed by atoms with E-state index in [1.807, 2.05) is 37.3 Å². The van der Waals surface area contributed by atoms with E-state index in [4.69, 9.17) is 27.9 Å². The highest BCUT2D eigenvalue weighted by atomic mass is 35.5. The molecule has 4 nitrogen and oxygen atoms in total. The molecule has 0 saturated heterocycles. The SMILES string of the molecule is C[C@@H]1CC(=O)C2=C(O1)c1c(ccc3ncccc13)N[C@@H]2c1ccc(Cl)cc1Cl. The van der Waals surface area contributed by atoms with E-state index in [0.717, 1.165) is 27.7 Å². The molecule has 0 amide bonds. The van der Waals surface area contributed by atoms with E-state index in [1.165, 1.54) is 0 Å². The first-order valence-corrected chi connectivity index (χ1v) is 9.82. The number of nitrogens with one attached hydrogen (secondary N) is 1. The normalized spacial score (nSPS) is 21.0. The number of anilines is 1. The zero-order valence-corrected chi connectivity index (χ0v) is 16.5. The molecule has 5 rings (SSSR count). The van der Waals surface area contributed by atoms with Crippen molar-refractivity contribution >= 4 is 51.3 Å². The van der Waals surface area contributed by atoms with Crippen molar-refractivity contribution in [3.8, 4) is 0 Å². The van der Waals surface area contributed by atoms with Crippen LogP contribution in [0.5, 0.6) is 0 Å². The molecule has 6 heteroatoms. The second-order valence-electron chi connectivity index (χ2n) is 7.10. The summed E-state index contributed by atoms with van der Waals surface area (Å²) in [5, 5.41) is 5.50. The molecule has 28 heavy (non-hydrogen) atoms. The number of fused-ring (bicyclic) bond motifs is 4. The van der Waals surface area contributed by atoms with Crippen molar-refractivity contribution < 1.29 is 9.53 Å². The van der Waals surface area contributed by atoms with Crippen molar-refractivity contribution in [2.75, 3.05) is 5.32 Å². The van der Waals surface area contributed by atoms with E-state index in [-0.39, 0.29) is 11.9 Å². The van der Waals surface area contributed by atoms with E-state index in [2.05, 4.69) is 10.3 Å². The van der Waals surface area contributed by atoms with E-state index < -0.39 is 6.04 Å². The summed E-state index contributed by atoms with van der Waals surface area (Å²) in [5.74, 6) is 0.677. The molecule has 0 fully saturated rings. The summed E-state index contributed by atoms with van der Waals surface area (Å²) >= 11 is 12.6. The summed E-state index contributed by atoms with van der Waals surface area (Å²) in [7, 11) is 0. The summed E-state index contributed by atoms with van der Waals surface area (Å²) in [6.07, 6.45) is 1.90. The Kier molecular flexibility index (Phi) is 4.07. The monoisotopic (exact) mass is 410 g/mol. The maximum atomic E-state index is 13.1. The second kappa shape index (κ2) is 6.50. The fraction of sp³-hybridized carbons (Fsp3) is 0.182. The number of pyridine rings is 1. The van der Waals surface area contributed by atoms with Crippen LogP contribution in [-0.2, 0) is 9.53 Å². The smallest absolute Gasteiger partial charge is 0.168 e. The molecule has 2 aliphatic heterocycles. The summed E-state index contributed by atoms with van der Waals surface area (Å²) in [6.45, 7) is 1.91. The summed E-state index contributed by atoms with van der Waals surface area (Å²) in [6, 6.07) is 12.7.